The van der Waals surface area contributed by atoms with Crippen LogP contribution in [0.1, 0.15) is 73.2 Å². The van der Waals surface area contributed by atoms with Crippen molar-refractivity contribution < 1.29 is 19.1 Å². The highest BCUT2D eigenvalue weighted by molar-refractivity contribution is 5.95. The van der Waals surface area contributed by atoms with E-state index in [1.54, 1.807) is 48.3 Å². The highest BCUT2D eigenvalue weighted by atomic mass is 16.5. The Labute approximate surface area is 208 Å². The summed E-state index contributed by atoms with van der Waals surface area (Å²) in [4.78, 5) is 41.2. The van der Waals surface area contributed by atoms with Crippen molar-refractivity contribution in [1.82, 2.24) is 15.1 Å². The average Bonchev–Trinajstić information content (AvgIpc) is 2.85. The van der Waals surface area contributed by atoms with Gasteiger partial charge in [-0.05, 0) is 88.9 Å². The molecule has 2 aromatic carbocycles. The number of carbonyl (C=O) groups excluding carboxylic acids is 3. The molecule has 3 rings (SSSR count). The van der Waals surface area contributed by atoms with Gasteiger partial charge in [0.25, 0.3) is 17.7 Å². The molecule has 2 atom stereocenters. The minimum Gasteiger partial charge on any atom is -0.484 e. The molecule has 1 N–H and O–H groups in total. The van der Waals surface area contributed by atoms with Crippen LogP contribution in [0.2, 0.25) is 0 Å². The van der Waals surface area contributed by atoms with Gasteiger partial charge in [0.15, 0.2) is 6.61 Å². The number of nitrogens with one attached hydrogen (secondary N) is 1. The van der Waals surface area contributed by atoms with Crippen molar-refractivity contribution >= 4 is 17.7 Å². The second-order valence-corrected chi connectivity index (χ2v) is 9.63. The van der Waals surface area contributed by atoms with Crippen molar-refractivity contribution in [2.45, 2.75) is 71.6 Å². The first-order valence-electron chi connectivity index (χ1n) is 12.4. The molecule has 0 aromatic heterocycles. The van der Waals surface area contributed by atoms with Gasteiger partial charge in [-0.15, -0.1) is 0 Å². The third-order valence-corrected chi connectivity index (χ3v) is 6.71. The molecular weight excluding hydrogens is 442 g/mol. The molecule has 0 aliphatic carbocycles. The molecule has 0 spiro atoms. The summed E-state index contributed by atoms with van der Waals surface area (Å²) in [5.41, 5.74) is 2.03. The van der Waals surface area contributed by atoms with Gasteiger partial charge in [-0.2, -0.15) is 0 Å². The lowest BCUT2D eigenvalue weighted by Crippen LogP contribution is -2.49. The molecule has 1 heterocycles. The van der Waals surface area contributed by atoms with E-state index in [1.165, 1.54) is 0 Å². The molecule has 188 valence electrons. The Hall–Kier alpha value is -3.35. The molecule has 2 unspecified atom stereocenters. The van der Waals surface area contributed by atoms with Crippen LogP contribution in [0.4, 0.5) is 0 Å². The molecule has 1 saturated heterocycles. The Bertz CT molecular complexity index is 1010. The number of carbonyl (C=O) groups is 3. The van der Waals surface area contributed by atoms with Gasteiger partial charge >= 0.3 is 0 Å². The van der Waals surface area contributed by atoms with Crippen LogP contribution in [0.15, 0.2) is 48.5 Å². The van der Waals surface area contributed by atoms with E-state index in [0.29, 0.717) is 23.4 Å². The largest absolute Gasteiger partial charge is 0.484 e. The summed E-state index contributed by atoms with van der Waals surface area (Å²) in [6, 6.07) is 14.6. The molecule has 0 bridgehead atoms. The summed E-state index contributed by atoms with van der Waals surface area (Å²) in [6.45, 7) is 8.45. The molecule has 3 amide bonds. The molecule has 0 saturated carbocycles. The van der Waals surface area contributed by atoms with Gasteiger partial charge in [0.05, 0.1) is 0 Å². The molecular formula is C28H37N3O4. The quantitative estimate of drug-likeness (QED) is 0.613. The predicted octanol–water partition coefficient (Wildman–Crippen LogP) is 4.27. The molecule has 7 nitrogen and oxygen atoms in total. The molecule has 7 heteroatoms. The molecule has 0 radical (unpaired) electrons. The lowest BCUT2D eigenvalue weighted by atomic mass is 9.97. The normalized spacial score (nSPS) is 17.7. The Morgan fingerprint density at radius 3 is 2.11 bits per heavy atom. The molecule has 1 aliphatic rings. The fourth-order valence-electron chi connectivity index (χ4n) is 4.32. The monoisotopic (exact) mass is 479 g/mol. The topological polar surface area (TPSA) is 79.0 Å². The van der Waals surface area contributed by atoms with Crippen LogP contribution in [0.5, 0.6) is 5.75 Å². The molecule has 2 aromatic rings. The summed E-state index contributed by atoms with van der Waals surface area (Å²) in [5.74, 6) is 0.316. The standard InChI is InChI=1S/C28H37N3O4/c1-19(2)30(5)28(34)24-11-9-22(10-12-24)17-29-27(33)23-13-15-25(16-14-23)35-18-26(32)31-20(3)7-6-8-21(31)4/h9-16,19-21H,6-8,17-18H2,1-5H3,(H,29,33). The van der Waals surface area contributed by atoms with Crippen LogP contribution in [0.25, 0.3) is 0 Å². The Morgan fingerprint density at radius 1 is 0.971 bits per heavy atom. The number of hydrogen-bond donors (Lipinski definition) is 1. The number of ether oxygens (including phenoxy) is 1. The van der Waals surface area contributed by atoms with Crippen molar-refractivity contribution in [3.05, 3.63) is 65.2 Å². The first-order chi connectivity index (χ1) is 16.7. The van der Waals surface area contributed by atoms with E-state index in [2.05, 4.69) is 19.2 Å². The Morgan fingerprint density at radius 2 is 1.54 bits per heavy atom. The average molecular weight is 480 g/mol. The maximum atomic E-state index is 12.6. The van der Waals surface area contributed by atoms with E-state index >= 15 is 0 Å². The second kappa shape index (κ2) is 11.9. The summed E-state index contributed by atoms with van der Waals surface area (Å²) in [5, 5.41) is 2.89. The molecule has 35 heavy (non-hydrogen) atoms. The van der Waals surface area contributed by atoms with E-state index in [0.717, 1.165) is 24.8 Å². The van der Waals surface area contributed by atoms with Crippen LogP contribution in [0.3, 0.4) is 0 Å². The molecule has 1 fully saturated rings. The van der Waals surface area contributed by atoms with Gasteiger partial charge < -0.3 is 19.9 Å². The summed E-state index contributed by atoms with van der Waals surface area (Å²) >= 11 is 0. The number of benzene rings is 2. The highest BCUT2D eigenvalue weighted by Gasteiger charge is 2.29. The van der Waals surface area contributed by atoms with Gasteiger partial charge in [-0.1, -0.05) is 12.1 Å². The number of hydrogen-bond acceptors (Lipinski definition) is 4. The smallest absolute Gasteiger partial charge is 0.260 e. The number of nitrogens with zero attached hydrogens (tertiary/aromatic N) is 2. The van der Waals surface area contributed by atoms with Crippen LogP contribution >= 0.6 is 0 Å². The van der Waals surface area contributed by atoms with Crippen molar-refractivity contribution in [1.29, 1.82) is 0 Å². The van der Waals surface area contributed by atoms with Crippen LogP contribution < -0.4 is 10.1 Å². The Balaban J connectivity index is 1.48. The zero-order valence-corrected chi connectivity index (χ0v) is 21.4. The van der Waals surface area contributed by atoms with Crippen molar-refractivity contribution in [2.24, 2.45) is 0 Å². The SMILES string of the molecule is CC(C)N(C)C(=O)c1ccc(CNC(=O)c2ccc(OCC(=O)N3C(C)CCCC3C)cc2)cc1. The maximum Gasteiger partial charge on any atom is 0.260 e. The van der Waals surface area contributed by atoms with E-state index in [1.807, 2.05) is 30.9 Å². The fraction of sp³-hybridized carbons (Fsp3) is 0.464. The van der Waals surface area contributed by atoms with E-state index < -0.39 is 0 Å². The summed E-state index contributed by atoms with van der Waals surface area (Å²) in [6.07, 6.45) is 3.20. The molecule has 1 aliphatic heterocycles. The first kappa shape index (κ1) is 26.3. The third-order valence-electron chi connectivity index (χ3n) is 6.71. The zero-order chi connectivity index (χ0) is 25.5. The number of piperidine rings is 1. The van der Waals surface area contributed by atoms with Crippen molar-refractivity contribution in [3.63, 3.8) is 0 Å². The summed E-state index contributed by atoms with van der Waals surface area (Å²) < 4.78 is 5.69. The van der Waals surface area contributed by atoms with Gasteiger partial charge in [0.1, 0.15) is 5.75 Å². The van der Waals surface area contributed by atoms with E-state index in [4.69, 9.17) is 4.74 Å². The minimum atomic E-state index is -0.205. The first-order valence-corrected chi connectivity index (χ1v) is 12.4. The number of likely N-dealkylation sites (tertiary alicyclic amines) is 1. The third kappa shape index (κ3) is 6.84. The van der Waals surface area contributed by atoms with Gasteiger partial charge in [-0.25, -0.2) is 0 Å². The second-order valence-electron chi connectivity index (χ2n) is 9.63. The van der Waals surface area contributed by atoms with Crippen LogP contribution in [0, 0.1) is 0 Å². The van der Waals surface area contributed by atoms with E-state index in [9.17, 15) is 14.4 Å². The fourth-order valence-corrected chi connectivity index (χ4v) is 4.32. The van der Waals surface area contributed by atoms with Crippen LogP contribution in [-0.4, -0.2) is 59.3 Å². The van der Waals surface area contributed by atoms with E-state index in [-0.39, 0.29) is 42.5 Å². The highest BCUT2D eigenvalue weighted by Crippen LogP contribution is 2.23. The van der Waals surface area contributed by atoms with Crippen molar-refractivity contribution in [2.75, 3.05) is 13.7 Å². The lowest BCUT2D eigenvalue weighted by molar-refractivity contribution is -0.139. The minimum absolute atomic E-state index is 0.00455. The predicted molar refractivity (Wildman–Crippen MR) is 136 cm³/mol. The number of amides is 3. The van der Waals surface area contributed by atoms with Gasteiger partial charge in [0.2, 0.25) is 0 Å². The lowest BCUT2D eigenvalue weighted by Gasteiger charge is -2.38. The van der Waals surface area contributed by atoms with Crippen LogP contribution in [-0.2, 0) is 11.3 Å². The summed E-state index contributed by atoms with van der Waals surface area (Å²) in [7, 11) is 1.78. The van der Waals surface area contributed by atoms with Gasteiger partial charge in [-0.3, -0.25) is 14.4 Å². The number of rotatable bonds is 8. The Kier molecular flexibility index (Phi) is 8.90. The zero-order valence-electron chi connectivity index (χ0n) is 21.4. The van der Waals surface area contributed by atoms with Crippen molar-refractivity contribution in [3.8, 4) is 5.75 Å². The van der Waals surface area contributed by atoms with Gasteiger partial charge in [0, 0.05) is 42.8 Å². The maximum absolute atomic E-state index is 12.6.